The zero-order valence-corrected chi connectivity index (χ0v) is 15.9. The van der Waals surface area contributed by atoms with E-state index in [1.54, 1.807) is 0 Å². The first kappa shape index (κ1) is 18.3. The summed E-state index contributed by atoms with van der Waals surface area (Å²) < 4.78 is 0. The number of rotatable bonds is 2. The first-order valence-corrected chi connectivity index (χ1v) is 8.50. The van der Waals surface area contributed by atoms with E-state index in [4.69, 9.17) is 0 Å². The first-order valence-electron chi connectivity index (χ1n) is 8.50. The molecule has 0 saturated heterocycles. The van der Waals surface area contributed by atoms with Crippen LogP contribution in [0.2, 0.25) is 0 Å². The van der Waals surface area contributed by atoms with Gasteiger partial charge in [0.25, 0.3) is 0 Å². The number of aliphatic hydroxyl groups excluding tert-OH is 2. The number of ketones is 1. The van der Waals surface area contributed by atoms with E-state index in [1.165, 1.54) is 0 Å². The fraction of sp³-hybridized carbons (Fsp3) is 0.750. The summed E-state index contributed by atoms with van der Waals surface area (Å²) in [5.74, 6) is -0.401. The van der Waals surface area contributed by atoms with Crippen LogP contribution in [0.5, 0.6) is 0 Å². The number of hydrogen-bond donors (Lipinski definition) is 2. The highest BCUT2D eigenvalue weighted by Gasteiger charge is 2.56. The maximum Gasteiger partial charge on any atom is 0.165 e. The molecule has 2 rings (SSSR count). The molecule has 1 fully saturated rings. The Hall–Kier alpha value is -1.09. The van der Waals surface area contributed by atoms with Crippen LogP contribution < -0.4 is 0 Å². The third-order valence-corrected chi connectivity index (χ3v) is 6.66. The van der Waals surface area contributed by atoms with E-state index < -0.39 is 17.9 Å². The van der Waals surface area contributed by atoms with Gasteiger partial charge in [-0.3, -0.25) is 4.79 Å². The molecule has 2 N–H and O–H groups in total. The SMILES string of the molecule is CC1(C)CC(C)(C)C(C)(C)C2=C(O)C(C)(C)C(C(=O)CO)C=C21. The van der Waals surface area contributed by atoms with E-state index in [0.29, 0.717) is 5.76 Å². The second-order valence-corrected chi connectivity index (χ2v) is 9.70. The minimum Gasteiger partial charge on any atom is -0.511 e. The van der Waals surface area contributed by atoms with Gasteiger partial charge in [-0.05, 0) is 33.8 Å². The van der Waals surface area contributed by atoms with E-state index in [9.17, 15) is 15.0 Å². The monoisotopic (exact) mass is 320 g/mol. The van der Waals surface area contributed by atoms with Crippen LogP contribution in [0.4, 0.5) is 0 Å². The maximum atomic E-state index is 12.3. The van der Waals surface area contributed by atoms with Crippen molar-refractivity contribution in [1.82, 2.24) is 0 Å². The average Bonchev–Trinajstić information content (AvgIpc) is 2.37. The number of Topliss-reactive ketones (excluding diaryl/α,β-unsaturated/α-hetero) is 1. The average molecular weight is 320 g/mol. The van der Waals surface area contributed by atoms with Gasteiger partial charge in [0.15, 0.2) is 5.78 Å². The number of aliphatic hydroxyl groups is 2. The Labute approximate surface area is 140 Å². The molecule has 0 heterocycles. The number of carbonyl (C=O) groups is 1. The van der Waals surface area contributed by atoms with Crippen molar-refractivity contribution in [3.05, 3.63) is 23.0 Å². The first-order chi connectivity index (χ1) is 10.2. The number of carbonyl (C=O) groups excluding carboxylic acids is 1. The van der Waals surface area contributed by atoms with Crippen molar-refractivity contribution >= 4 is 5.78 Å². The maximum absolute atomic E-state index is 12.3. The van der Waals surface area contributed by atoms with E-state index >= 15 is 0 Å². The van der Waals surface area contributed by atoms with Gasteiger partial charge in [0, 0.05) is 5.41 Å². The van der Waals surface area contributed by atoms with Crippen molar-refractivity contribution in [3.8, 4) is 0 Å². The van der Waals surface area contributed by atoms with E-state index in [-0.39, 0.29) is 22.0 Å². The fourth-order valence-electron chi connectivity index (χ4n) is 4.61. The van der Waals surface area contributed by atoms with Crippen molar-refractivity contribution in [2.75, 3.05) is 6.61 Å². The fourth-order valence-corrected chi connectivity index (χ4v) is 4.61. The molecule has 130 valence electrons. The van der Waals surface area contributed by atoms with Gasteiger partial charge >= 0.3 is 0 Å². The Morgan fingerprint density at radius 2 is 1.65 bits per heavy atom. The molecule has 1 unspecified atom stereocenters. The van der Waals surface area contributed by atoms with Gasteiger partial charge in [0.05, 0.1) is 5.92 Å². The van der Waals surface area contributed by atoms with Crippen LogP contribution >= 0.6 is 0 Å². The molecular weight excluding hydrogens is 288 g/mol. The van der Waals surface area contributed by atoms with E-state index in [1.807, 2.05) is 19.9 Å². The molecule has 0 spiro atoms. The Bertz CT molecular complexity index is 600. The van der Waals surface area contributed by atoms with Crippen LogP contribution in [0.1, 0.15) is 61.8 Å². The van der Waals surface area contributed by atoms with Gasteiger partial charge in [0.1, 0.15) is 12.4 Å². The standard InChI is InChI=1S/C20H32O3/c1-17(2)11-18(3,4)20(7,8)15-13(17)9-12(14(22)10-21)19(5,6)16(15)23/h9,12,21,23H,10-11H2,1-8H3. The normalized spacial score (nSPS) is 30.5. The zero-order valence-electron chi connectivity index (χ0n) is 15.9. The minimum atomic E-state index is -0.695. The van der Waals surface area contributed by atoms with Gasteiger partial charge in [-0.1, -0.05) is 61.5 Å². The van der Waals surface area contributed by atoms with Crippen molar-refractivity contribution in [2.24, 2.45) is 27.6 Å². The summed E-state index contributed by atoms with van der Waals surface area (Å²) in [7, 11) is 0. The van der Waals surface area contributed by atoms with Gasteiger partial charge in [-0.25, -0.2) is 0 Å². The lowest BCUT2D eigenvalue weighted by Gasteiger charge is -2.57. The topological polar surface area (TPSA) is 57.5 Å². The molecule has 0 amide bonds. The lowest BCUT2D eigenvalue weighted by atomic mass is 9.46. The molecule has 0 aromatic carbocycles. The van der Waals surface area contributed by atoms with Crippen LogP contribution in [0, 0.1) is 27.6 Å². The summed E-state index contributed by atoms with van der Waals surface area (Å²) >= 11 is 0. The third-order valence-electron chi connectivity index (χ3n) is 6.66. The molecule has 1 atom stereocenters. The van der Waals surface area contributed by atoms with E-state index in [2.05, 4.69) is 41.5 Å². The van der Waals surface area contributed by atoms with Gasteiger partial charge in [0.2, 0.25) is 0 Å². The molecule has 0 aromatic rings. The number of allylic oxidation sites excluding steroid dienone is 4. The summed E-state index contributed by atoms with van der Waals surface area (Å²) in [5.41, 5.74) is 1.09. The van der Waals surface area contributed by atoms with Crippen LogP contribution in [-0.4, -0.2) is 22.6 Å². The van der Waals surface area contributed by atoms with Crippen molar-refractivity contribution in [3.63, 3.8) is 0 Å². The lowest BCUT2D eigenvalue weighted by molar-refractivity contribution is -0.127. The number of hydrogen-bond acceptors (Lipinski definition) is 3. The Balaban J connectivity index is 2.77. The van der Waals surface area contributed by atoms with Crippen LogP contribution in [-0.2, 0) is 4.79 Å². The molecule has 2 aliphatic carbocycles. The molecule has 2 aliphatic rings. The highest BCUT2D eigenvalue weighted by Crippen LogP contribution is 2.64. The van der Waals surface area contributed by atoms with Crippen LogP contribution in [0.15, 0.2) is 23.0 Å². The summed E-state index contributed by atoms with van der Waals surface area (Å²) in [6.45, 7) is 16.5. The predicted octanol–water partition coefficient (Wildman–Crippen LogP) is 4.42. The van der Waals surface area contributed by atoms with Crippen molar-refractivity contribution in [2.45, 2.75) is 61.8 Å². The van der Waals surface area contributed by atoms with E-state index in [0.717, 1.165) is 17.6 Å². The van der Waals surface area contributed by atoms with Gasteiger partial charge in [-0.15, -0.1) is 0 Å². The molecule has 3 nitrogen and oxygen atoms in total. The molecule has 0 aromatic heterocycles. The third kappa shape index (κ3) is 2.39. The molecule has 23 heavy (non-hydrogen) atoms. The van der Waals surface area contributed by atoms with Gasteiger partial charge in [-0.2, -0.15) is 0 Å². The Morgan fingerprint density at radius 1 is 1.13 bits per heavy atom. The highest BCUT2D eigenvalue weighted by atomic mass is 16.3. The minimum absolute atomic E-state index is 0.0288. The Kier molecular flexibility index (Phi) is 3.93. The number of fused-ring (bicyclic) bond motifs is 1. The Morgan fingerprint density at radius 3 is 2.13 bits per heavy atom. The smallest absolute Gasteiger partial charge is 0.165 e. The van der Waals surface area contributed by atoms with Crippen LogP contribution in [0.25, 0.3) is 0 Å². The molecule has 3 heteroatoms. The summed E-state index contributed by atoms with van der Waals surface area (Å²) in [6, 6.07) is 0. The summed E-state index contributed by atoms with van der Waals surface area (Å²) in [4.78, 5) is 12.3. The second-order valence-electron chi connectivity index (χ2n) is 9.70. The quantitative estimate of drug-likeness (QED) is 0.791. The largest absolute Gasteiger partial charge is 0.511 e. The molecule has 0 aliphatic heterocycles. The van der Waals surface area contributed by atoms with Crippen molar-refractivity contribution < 1.29 is 15.0 Å². The van der Waals surface area contributed by atoms with Gasteiger partial charge < -0.3 is 10.2 Å². The highest BCUT2D eigenvalue weighted by molar-refractivity contribution is 5.86. The molecular formula is C20H32O3. The van der Waals surface area contributed by atoms with Crippen LogP contribution in [0.3, 0.4) is 0 Å². The molecule has 0 radical (unpaired) electrons. The predicted molar refractivity (Wildman–Crippen MR) is 93.1 cm³/mol. The molecule has 0 bridgehead atoms. The second kappa shape index (κ2) is 4.95. The zero-order chi connectivity index (χ0) is 18.0. The summed E-state index contributed by atoms with van der Waals surface area (Å²) in [5, 5.41) is 20.5. The lowest BCUT2D eigenvalue weighted by Crippen LogP contribution is -2.49. The van der Waals surface area contributed by atoms with Crippen molar-refractivity contribution in [1.29, 1.82) is 0 Å². The molecule has 1 saturated carbocycles. The summed E-state index contributed by atoms with van der Waals surface area (Å²) in [6.07, 6.45) is 3.00.